The summed E-state index contributed by atoms with van der Waals surface area (Å²) in [4.78, 5) is 13.4. The van der Waals surface area contributed by atoms with Crippen LogP contribution in [0, 0.1) is 17.8 Å². The van der Waals surface area contributed by atoms with Crippen molar-refractivity contribution in [2.45, 2.75) is 5.03 Å². The second kappa shape index (κ2) is 6.13. The molecule has 0 amide bonds. The molecular weight excluding hydrogens is 371 g/mol. The van der Waals surface area contributed by atoms with Crippen molar-refractivity contribution in [3.63, 3.8) is 0 Å². The van der Waals surface area contributed by atoms with Gasteiger partial charge in [0.05, 0.1) is 10.0 Å². The number of nitrogens with one attached hydrogen (secondary N) is 1. The molecule has 2 N–H and O–H groups in total. The Balaban J connectivity index is 1.33. The van der Waals surface area contributed by atoms with Gasteiger partial charge in [0.25, 0.3) is 0 Å². The standard InChI is InChI=1S/C15H14Cl2N4O2S/c16-11-2-1-7(3-12(11)17)21-4-8-9(5-21)10(8)6-24-14-13(15(22)23)18-20-19-14/h1-3,8-10H,4-6H2,(H,22,23)(H,18,19,20). The van der Waals surface area contributed by atoms with E-state index in [-0.39, 0.29) is 5.69 Å². The number of aromatic amines is 1. The lowest BCUT2D eigenvalue weighted by molar-refractivity contribution is 0.0686. The van der Waals surface area contributed by atoms with Gasteiger partial charge in [0.1, 0.15) is 0 Å². The third-order valence-electron chi connectivity index (χ3n) is 4.77. The van der Waals surface area contributed by atoms with E-state index in [4.69, 9.17) is 28.3 Å². The van der Waals surface area contributed by atoms with Crippen molar-refractivity contribution in [3.05, 3.63) is 33.9 Å². The van der Waals surface area contributed by atoms with Gasteiger partial charge in [-0.1, -0.05) is 23.2 Å². The van der Waals surface area contributed by atoms with E-state index in [1.807, 2.05) is 18.2 Å². The number of benzene rings is 1. The van der Waals surface area contributed by atoms with Gasteiger partial charge < -0.3 is 10.0 Å². The first kappa shape index (κ1) is 16.1. The Labute approximate surface area is 152 Å². The number of rotatable bonds is 5. The molecule has 1 aliphatic carbocycles. The highest BCUT2D eigenvalue weighted by Gasteiger charge is 2.55. The Morgan fingerprint density at radius 3 is 2.71 bits per heavy atom. The molecule has 0 spiro atoms. The molecule has 2 aromatic rings. The van der Waals surface area contributed by atoms with Crippen LogP contribution < -0.4 is 4.90 Å². The summed E-state index contributed by atoms with van der Waals surface area (Å²) in [6.07, 6.45) is 0. The van der Waals surface area contributed by atoms with E-state index in [9.17, 15) is 4.79 Å². The molecule has 0 bridgehead atoms. The quantitative estimate of drug-likeness (QED) is 0.769. The molecule has 1 saturated carbocycles. The van der Waals surface area contributed by atoms with Crippen molar-refractivity contribution in [2.24, 2.45) is 17.8 Å². The van der Waals surface area contributed by atoms with Crippen LogP contribution in [-0.2, 0) is 0 Å². The van der Waals surface area contributed by atoms with E-state index < -0.39 is 5.97 Å². The van der Waals surface area contributed by atoms with Crippen molar-refractivity contribution in [1.29, 1.82) is 0 Å². The van der Waals surface area contributed by atoms with Gasteiger partial charge >= 0.3 is 5.97 Å². The number of thioether (sulfide) groups is 1. The average molecular weight is 385 g/mol. The van der Waals surface area contributed by atoms with E-state index in [0.29, 0.717) is 32.8 Å². The van der Waals surface area contributed by atoms with Gasteiger partial charge in [-0.15, -0.1) is 22.0 Å². The third-order valence-corrected chi connectivity index (χ3v) is 6.62. The number of nitrogens with zero attached hydrogens (tertiary/aromatic N) is 3. The van der Waals surface area contributed by atoms with Gasteiger partial charge in [0.2, 0.25) is 5.69 Å². The molecular formula is C15H14Cl2N4O2S. The predicted molar refractivity (Wildman–Crippen MR) is 93.2 cm³/mol. The van der Waals surface area contributed by atoms with Crippen LogP contribution >= 0.6 is 35.0 Å². The van der Waals surface area contributed by atoms with Crippen LogP contribution in [0.3, 0.4) is 0 Å². The highest BCUT2D eigenvalue weighted by atomic mass is 35.5. The normalized spacial score (nSPS) is 24.9. The zero-order valence-electron chi connectivity index (χ0n) is 12.4. The zero-order valence-corrected chi connectivity index (χ0v) is 14.8. The number of hydrogen-bond donors (Lipinski definition) is 2. The summed E-state index contributed by atoms with van der Waals surface area (Å²) < 4.78 is 0. The van der Waals surface area contributed by atoms with E-state index in [2.05, 4.69) is 20.3 Å². The lowest BCUT2D eigenvalue weighted by atomic mass is 10.2. The molecule has 2 atom stereocenters. The number of halogens is 2. The van der Waals surface area contributed by atoms with Crippen LogP contribution in [0.4, 0.5) is 5.69 Å². The lowest BCUT2D eigenvalue weighted by Crippen LogP contribution is -2.24. The monoisotopic (exact) mass is 384 g/mol. The zero-order chi connectivity index (χ0) is 16.8. The Hall–Kier alpha value is -1.44. The van der Waals surface area contributed by atoms with Gasteiger partial charge in [-0.25, -0.2) is 4.79 Å². The summed E-state index contributed by atoms with van der Waals surface area (Å²) in [6, 6.07) is 5.73. The molecule has 1 aliphatic heterocycles. The van der Waals surface area contributed by atoms with Crippen LogP contribution in [0.25, 0.3) is 0 Å². The van der Waals surface area contributed by atoms with Crippen molar-refractivity contribution in [2.75, 3.05) is 23.7 Å². The fraction of sp³-hybridized carbons (Fsp3) is 0.400. The third kappa shape index (κ3) is 2.85. The van der Waals surface area contributed by atoms with Gasteiger partial charge in [0, 0.05) is 24.5 Å². The van der Waals surface area contributed by atoms with Crippen molar-refractivity contribution in [1.82, 2.24) is 15.4 Å². The lowest BCUT2D eigenvalue weighted by Gasteiger charge is -2.22. The molecule has 0 radical (unpaired) electrons. The van der Waals surface area contributed by atoms with Crippen molar-refractivity contribution >= 4 is 46.6 Å². The minimum atomic E-state index is -1.05. The number of carboxylic acid groups (broad SMARTS) is 1. The van der Waals surface area contributed by atoms with E-state index in [0.717, 1.165) is 24.5 Å². The number of fused-ring (bicyclic) bond motifs is 1. The largest absolute Gasteiger partial charge is 0.476 e. The maximum Gasteiger partial charge on any atom is 0.359 e. The van der Waals surface area contributed by atoms with E-state index in [1.54, 1.807) is 0 Å². The molecule has 2 aliphatic rings. The first-order valence-corrected chi connectivity index (χ1v) is 9.25. The second-order valence-corrected chi connectivity index (χ2v) is 7.91. The number of anilines is 1. The Kier molecular flexibility index (Phi) is 4.10. The highest BCUT2D eigenvalue weighted by Crippen LogP contribution is 2.54. The smallest absolute Gasteiger partial charge is 0.359 e. The van der Waals surface area contributed by atoms with Gasteiger partial charge in [-0.3, -0.25) is 0 Å². The Bertz CT molecular complexity index is 788. The fourth-order valence-corrected chi connectivity index (χ4v) is 4.94. The summed E-state index contributed by atoms with van der Waals surface area (Å²) in [6.45, 7) is 2.00. The molecule has 2 unspecified atom stereocenters. The first-order chi connectivity index (χ1) is 11.5. The second-order valence-electron chi connectivity index (χ2n) is 6.09. The minimum Gasteiger partial charge on any atom is -0.476 e. The number of aromatic carboxylic acids is 1. The number of carboxylic acids is 1. The average Bonchev–Trinajstić information content (AvgIpc) is 2.97. The maximum absolute atomic E-state index is 11.0. The summed E-state index contributed by atoms with van der Waals surface area (Å²) in [5.74, 6) is 1.72. The SMILES string of the molecule is O=C(O)c1n[nH]nc1SCC1C2CN(c3ccc(Cl)c(Cl)c3)CC12. The van der Waals surface area contributed by atoms with Crippen LogP contribution in [0.2, 0.25) is 10.0 Å². The Morgan fingerprint density at radius 1 is 1.29 bits per heavy atom. The van der Waals surface area contributed by atoms with Crippen LogP contribution in [-0.4, -0.2) is 45.3 Å². The summed E-state index contributed by atoms with van der Waals surface area (Å²) >= 11 is 13.5. The van der Waals surface area contributed by atoms with Crippen molar-refractivity contribution < 1.29 is 9.90 Å². The van der Waals surface area contributed by atoms with Crippen molar-refractivity contribution in [3.8, 4) is 0 Å². The fourth-order valence-electron chi connectivity index (χ4n) is 3.43. The topological polar surface area (TPSA) is 82.1 Å². The molecule has 9 heteroatoms. The molecule has 126 valence electrons. The summed E-state index contributed by atoms with van der Waals surface area (Å²) in [7, 11) is 0. The van der Waals surface area contributed by atoms with Gasteiger partial charge in [0.15, 0.2) is 5.03 Å². The summed E-state index contributed by atoms with van der Waals surface area (Å²) in [5, 5.41) is 20.6. The number of H-pyrrole nitrogens is 1. The number of piperidine rings is 1. The van der Waals surface area contributed by atoms with Gasteiger partial charge in [-0.2, -0.15) is 5.21 Å². The maximum atomic E-state index is 11.0. The van der Waals surface area contributed by atoms with E-state index in [1.165, 1.54) is 11.8 Å². The van der Waals surface area contributed by atoms with E-state index >= 15 is 0 Å². The number of aromatic nitrogens is 3. The van der Waals surface area contributed by atoms with Crippen LogP contribution in [0.5, 0.6) is 0 Å². The predicted octanol–water partition coefficient (Wildman–Crippen LogP) is 3.28. The molecule has 4 rings (SSSR count). The molecule has 2 fully saturated rings. The Morgan fingerprint density at radius 2 is 2.04 bits per heavy atom. The number of hydrogen-bond acceptors (Lipinski definition) is 5. The van der Waals surface area contributed by atoms with Crippen LogP contribution in [0.1, 0.15) is 10.5 Å². The molecule has 1 saturated heterocycles. The molecule has 2 heterocycles. The van der Waals surface area contributed by atoms with Gasteiger partial charge in [-0.05, 0) is 36.0 Å². The minimum absolute atomic E-state index is 0.00300. The first-order valence-electron chi connectivity index (χ1n) is 7.51. The molecule has 1 aromatic heterocycles. The molecule has 24 heavy (non-hydrogen) atoms. The summed E-state index contributed by atoms with van der Waals surface area (Å²) in [5.41, 5.74) is 1.11. The molecule has 6 nitrogen and oxygen atoms in total. The molecule has 1 aromatic carbocycles. The van der Waals surface area contributed by atoms with Crippen LogP contribution in [0.15, 0.2) is 23.2 Å². The number of carbonyl (C=O) groups is 1. The highest BCUT2D eigenvalue weighted by molar-refractivity contribution is 7.99.